The summed E-state index contributed by atoms with van der Waals surface area (Å²) in [7, 11) is 0. The van der Waals surface area contributed by atoms with Crippen LogP contribution in [0, 0.1) is 0 Å². The summed E-state index contributed by atoms with van der Waals surface area (Å²) in [5, 5.41) is 6.59. The van der Waals surface area contributed by atoms with Crippen molar-refractivity contribution >= 4 is 29.0 Å². The number of benzene rings is 2. The minimum atomic E-state index is -0.287. The molecule has 0 aliphatic rings. The van der Waals surface area contributed by atoms with Crippen LogP contribution in [0.1, 0.15) is 23.0 Å². The maximum atomic E-state index is 12.2. The van der Waals surface area contributed by atoms with Crippen LogP contribution in [0.25, 0.3) is 0 Å². The molecule has 0 fully saturated rings. The molecule has 6 nitrogen and oxygen atoms in total. The van der Waals surface area contributed by atoms with Gasteiger partial charge in [-0.15, -0.1) is 0 Å². The van der Waals surface area contributed by atoms with Crippen molar-refractivity contribution in [2.75, 3.05) is 11.9 Å². The normalized spacial score (nSPS) is 10.3. The van der Waals surface area contributed by atoms with E-state index in [1.54, 1.807) is 12.1 Å². The van der Waals surface area contributed by atoms with E-state index >= 15 is 0 Å². The highest BCUT2D eigenvalue weighted by Gasteiger charge is 2.08. The molecular weight excluding hydrogens is 364 g/mol. The minimum absolute atomic E-state index is 0.251. The Hall–Kier alpha value is -3.12. The molecule has 0 unspecified atom stereocenters. The first-order valence-corrected chi connectivity index (χ1v) is 8.86. The zero-order valence-corrected chi connectivity index (χ0v) is 15.5. The molecule has 0 atom stereocenters. The molecule has 27 heavy (non-hydrogen) atoms. The Labute approximate surface area is 162 Å². The van der Waals surface area contributed by atoms with Crippen LogP contribution in [-0.2, 0) is 6.54 Å². The van der Waals surface area contributed by atoms with Gasteiger partial charge in [-0.25, -0.2) is 9.97 Å². The molecule has 1 aromatic heterocycles. The largest absolute Gasteiger partial charge is 0.494 e. The Morgan fingerprint density at radius 3 is 2.41 bits per heavy atom. The van der Waals surface area contributed by atoms with Crippen molar-refractivity contribution in [2.45, 2.75) is 13.5 Å². The second-order valence-corrected chi connectivity index (χ2v) is 6.11. The van der Waals surface area contributed by atoms with E-state index in [9.17, 15) is 4.79 Å². The third-order valence-corrected chi connectivity index (χ3v) is 3.94. The Kier molecular flexibility index (Phi) is 6.22. The predicted molar refractivity (Wildman–Crippen MR) is 106 cm³/mol. The number of halogens is 1. The van der Waals surface area contributed by atoms with E-state index in [1.165, 1.54) is 12.4 Å². The second kappa shape index (κ2) is 9.00. The monoisotopic (exact) mass is 382 g/mol. The average molecular weight is 383 g/mol. The van der Waals surface area contributed by atoms with Gasteiger partial charge in [0, 0.05) is 17.3 Å². The van der Waals surface area contributed by atoms with Gasteiger partial charge in [0.15, 0.2) is 0 Å². The summed E-state index contributed by atoms with van der Waals surface area (Å²) >= 11 is 5.85. The topological polar surface area (TPSA) is 76.1 Å². The van der Waals surface area contributed by atoms with Crippen LogP contribution in [0.2, 0.25) is 5.02 Å². The molecule has 1 amide bonds. The van der Waals surface area contributed by atoms with Crippen molar-refractivity contribution in [3.8, 4) is 5.75 Å². The average Bonchev–Trinajstić information content (AvgIpc) is 2.70. The van der Waals surface area contributed by atoms with Crippen molar-refractivity contribution in [1.29, 1.82) is 0 Å². The number of nitrogens with one attached hydrogen (secondary N) is 2. The smallest absolute Gasteiger partial charge is 0.271 e. The number of carbonyl (C=O) groups excluding carboxylic acids is 1. The lowest BCUT2D eigenvalue weighted by Gasteiger charge is -2.08. The van der Waals surface area contributed by atoms with Gasteiger partial charge in [0.25, 0.3) is 5.91 Å². The minimum Gasteiger partial charge on any atom is -0.494 e. The van der Waals surface area contributed by atoms with Crippen molar-refractivity contribution < 1.29 is 9.53 Å². The van der Waals surface area contributed by atoms with Crippen molar-refractivity contribution in [1.82, 2.24) is 15.3 Å². The fourth-order valence-corrected chi connectivity index (χ4v) is 2.46. The molecule has 0 radical (unpaired) electrons. The summed E-state index contributed by atoms with van der Waals surface area (Å²) in [5.74, 6) is 1.07. The summed E-state index contributed by atoms with van der Waals surface area (Å²) in [6.45, 7) is 2.96. The van der Waals surface area contributed by atoms with Crippen LogP contribution < -0.4 is 15.4 Å². The first kappa shape index (κ1) is 18.7. The van der Waals surface area contributed by atoms with Crippen LogP contribution in [-0.4, -0.2) is 22.5 Å². The Bertz CT molecular complexity index is 881. The first-order valence-electron chi connectivity index (χ1n) is 8.48. The number of carbonyl (C=O) groups is 1. The summed E-state index contributed by atoms with van der Waals surface area (Å²) < 4.78 is 5.41. The standard InChI is InChI=1S/C20H19ClN4O2/c1-2-27-17-9-7-16(8-10-17)25-19-13-22-18(12-23-19)20(26)24-11-14-3-5-15(21)6-4-14/h3-10,12-13H,2,11H2,1H3,(H,23,25)(H,24,26). The summed E-state index contributed by atoms with van der Waals surface area (Å²) in [6.07, 6.45) is 2.96. The molecule has 2 aromatic carbocycles. The molecule has 138 valence electrons. The zero-order chi connectivity index (χ0) is 19.1. The lowest BCUT2D eigenvalue weighted by Crippen LogP contribution is -2.24. The van der Waals surface area contributed by atoms with Gasteiger partial charge in [-0.2, -0.15) is 0 Å². The number of anilines is 2. The number of aromatic nitrogens is 2. The first-order chi connectivity index (χ1) is 13.1. The van der Waals surface area contributed by atoms with Crippen molar-refractivity contribution in [3.05, 3.63) is 77.2 Å². The maximum Gasteiger partial charge on any atom is 0.271 e. The second-order valence-electron chi connectivity index (χ2n) is 5.68. The molecule has 0 saturated heterocycles. The van der Waals surface area contributed by atoms with E-state index in [1.807, 2.05) is 43.3 Å². The Balaban J connectivity index is 1.55. The van der Waals surface area contributed by atoms with E-state index in [4.69, 9.17) is 16.3 Å². The fourth-order valence-electron chi connectivity index (χ4n) is 2.33. The maximum absolute atomic E-state index is 12.2. The van der Waals surface area contributed by atoms with E-state index in [2.05, 4.69) is 20.6 Å². The molecule has 3 rings (SSSR count). The van der Waals surface area contributed by atoms with Gasteiger partial charge in [0.1, 0.15) is 17.3 Å². The summed E-state index contributed by atoms with van der Waals surface area (Å²) in [5.41, 5.74) is 2.06. The summed E-state index contributed by atoms with van der Waals surface area (Å²) in [4.78, 5) is 20.6. The quantitative estimate of drug-likeness (QED) is 0.640. The van der Waals surface area contributed by atoms with E-state index in [0.717, 1.165) is 17.0 Å². The Morgan fingerprint density at radius 1 is 1.04 bits per heavy atom. The Morgan fingerprint density at radius 2 is 1.78 bits per heavy atom. The van der Waals surface area contributed by atoms with Gasteiger partial charge in [-0.3, -0.25) is 4.79 Å². The van der Waals surface area contributed by atoms with E-state index in [-0.39, 0.29) is 11.6 Å². The van der Waals surface area contributed by atoms with Crippen LogP contribution in [0.5, 0.6) is 5.75 Å². The SMILES string of the molecule is CCOc1ccc(Nc2cnc(C(=O)NCc3ccc(Cl)cc3)cn2)cc1. The molecule has 0 aliphatic heterocycles. The molecule has 3 aromatic rings. The molecule has 2 N–H and O–H groups in total. The van der Waals surface area contributed by atoms with E-state index in [0.29, 0.717) is 24.0 Å². The number of amides is 1. The molecule has 0 spiro atoms. The highest BCUT2D eigenvalue weighted by molar-refractivity contribution is 6.30. The van der Waals surface area contributed by atoms with Gasteiger partial charge >= 0.3 is 0 Å². The van der Waals surface area contributed by atoms with Crippen LogP contribution in [0.3, 0.4) is 0 Å². The molecule has 1 heterocycles. The lowest BCUT2D eigenvalue weighted by molar-refractivity contribution is 0.0945. The molecular formula is C20H19ClN4O2. The molecule has 0 bridgehead atoms. The van der Waals surface area contributed by atoms with Crippen LogP contribution >= 0.6 is 11.6 Å². The third kappa shape index (κ3) is 5.43. The van der Waals surface area contributed by atoms with Gasteiger partial charge < -0.3 is 15.4 Å². The molecule has 7 heteroatoms. The summed E-state index contributed by atoms with van der Waals surface area (Å²) in [6, 6.07) is 14.8. The molecule has 0 aliphatic carbocycles. The number of rotatable bonds is 7. The van der Waals surface area contributed by atoms with Gasteiger partial charge in [0.05, 0.1) is 19.0 Å². The zero-order valence-electron chi connectivity index (χ0n) is 14.8. The van der Waals surface area contributed by atoms with Gasteiger partial charge in [0.2, 0.25) is 0 Å². The predicted octanol–water partition coefficient (Wildman–Crippen LogP) is 4.20. The van der Waals surface area contributed by atoms with Crippen LogP contribution in [0.15, 0.2) is 60.9 Å². The van der Waals surface area contributed by atoms with Crippen molar-refractivity contribution in [2.24, 2.45) is 0 Å². The number of ether oxygens (including phenoxy) is 1. The van der Waals surface area contributed by atoms with Crippen LogP contribution in [0.4, 0.5) is 11.5 Å². The van der Waals surface area contributed by atoms with Crippen molar-refractivity contribution in [3.63, 3.8) is 0 Å². The number of nitrogens with zero attached hydrogens (tertiary/aromatic N) is 2. The lowest BCUT2D eigenvalue weighted by atomic mass is 10.2. The highest BCUT2D eigenvalue weighted by atomic mass is 35.5. The fraction of sp³-hybridized carbons (Fsp3) is 0.150. The number of hydrogen-bond acceptors (Lipinski definition) is 5. The molecule has 0 saturated carbocycles. The third-order valence-electron chi connectivity index (χ3n) is 3.69. The number of hydrogen-bond donors (Lipinski definition) is 2. The van der Waals surface area contributed by atoms with Gasteiger partial charge in [-0.05, 0) is 48.9 Å². The van der Waals surface area contributed by atoms with E-state index < -0.39 is 0 Å². The van der Waals surface area contributed by atoms with Gasteiger partial charge in [-0.1, -0.05) is 23.7 Å². The highest BCUT2D eigenvalue weighted by Crippen LogP contribution is 2.18.